The minimum Gasteiger partial charge on any atom is -0.493 e. The number of hydrogen-bond donors (Lipinski definition) is 3. The Morgan fingerprint density at radius 2 is 2.11 bits per heavy atom. The maximum Gasteiger partial charge on any atom is 0.357 e. The molecule has 2 bridgehead atoms. The van der Waals surface area contributed by atoms with Crippen LogP contribution in [0.2, 0.25) is 0 Å². The summed E-state index contributed by atoms with van der Waals surface area (Å²) in [6.45, 7) is 7.65. The van der Waals surface area contributed by atoms with E-state index in [0.29, 0.717) is 37.2 Å². The number of ether oxygens (including phenoxy) is 4. The first-order chi connectivity index (χ1) is 20.9. The average molecular weight is 609 g/mol. The summed E-state index contributed by atoms with van der Waals surface area (Å²) in [4.78, 5) is 39.6. The van der Waals surface area contributed by atoms with Crippen LogP contribution in [0.5, 0.6) is 11.5 Å². The van der Waals surface area contributed by atoms with Gasteiger partial charge in [-0.3, -0.25) is 14.9 Å². The minimum atomic E-state index is -1.81. The van der Waals surface area contributed by atoms with Crippen molar-refractivity contribution in [1.82, 2.24) is 10.2 Å². The molecule has 2 aliphatic heterocycles. The van der Waals surface area contributed by atoms with Gasteiger partial charge in [0.1, 0.15) is 5.76 Å². The molecule has 1 fully saturated rings. The maximum atomic E-state index is 13.7. The zero-order valence-corrected chi connectivity index (χ0v) is 25.5. The van der Waals surface area contributed by atoms with Crippen LogP contribution < -0.4 is 14.8 Å². The lowest BCUT2D eigenvalue weighted by molar-refractivity contribution is -0.174. The summed E-state index contributed by atoms with van der Waals surface area (Å²) in [5, 5.41) is 24.7. The van der Waals surface area contributed by atoms with E-state index in [2.05, 4.69) is 16.8 Å². The molecule has 11 nitrogen and oxygen atoms in total. The molecular formula is C33H40N2O9. The molecular weight excluding hydrogens is 568 g/mol. The number of nitrogens with one attached hydrogen (secondary N) is 1. The highest BCUT2D eigenvalue weighted by molar-refractivity contribution is 5.84. The molecule has 2 heterocycles. The number of rotatable bonds is 12. The molecule has 0 saturated carbocycles. The van der Waals surface area contributed by atoms with Crippen molar-refractivity contribution in [3.05, 3.63) is 71.6 Å². The highest BCUT2D eigenvalue weighted by Crippen LogP contribution is 2.65. The largest absolute Gasteiger partial charge is 0.493 e. The average Bonchev–Trinajstić information content (AvgIpc) is 3.35. The van der Waals surface area contributed by atoms with Gasteiger partial charge in [0.25, 0.3) is 0 Å². The highest BCUT2D eigenvalue weighted by Gasteiger charge is 2.72. The second-order valence-electron chi connectivity index (χ2n) is 12.0. The number of allylic oxidation sites excluding steroid dienone is 3. The van der Waals surface area contributed by atoms with Gasteiger partial charge >= 0.3 is 11.9 Å². The first kappa shape index (κ1) is 31.6. The van der Waals surface area contributed by atoms with Crippen molar-refractivity contribution < 1.29 is 43.5 Å². The van der Waals surface area contributed by atoms with Gasteiger partial charge < -0.3 is 34.1 Å². The number of likely N-dealkylation sites (N-methyl/N-ethyl adjacent to an activating group) is 1. The molecule has 0 aromatic heterocycles. The zero-order valence-electron chi connectivity index (χ0n) is 25.5. The van der Waals surface area contributed by atoms with Gasteiger partial charge in [0.2, 0.25) is 6.10 Å². The lowest BCUT2D eigenvalue weighted by atomic mass is 9.50. The molecule has 1 spiro atoms. The summed E-state index contributed by atoms with van der Waals surface area (Å²) in [7, 11) is 3.57. The number of hydrogen-bond acceptors (Lipinski definition) is 11. The van der Waals surface area contributed by atoms with E-state index in [-0.39, 0.29) is 36.8 Å². The number of esters is 2. The van der Waals surface area contributed by atoms with Crippen LogP contribution in [0, 0.1) is 0 Å². The summed E-state index contributed by atoms with van der Waals surface area (Å²) < 4.78 is 23.7. The van der Waals surface area contributed by atoms with Crippen LogP contribution in [0.25, 0.3) is 0 Å². The number of carbonyl (C=O) groups is 3. The summed E-state index contributed by atoms with van der Waals surface area (Å²) >= 11 is 0. The molecule has 1 saturated heterocycles. The number of aldehydes is 1. The number of carbonyl (C=O) groups excluding carboxylic acids is 3. The van der Waals surface area contributed by atoms with Crippen LogP contribution in [-0.2, 0) is 35.7 Å². The fourth-order valence-corrected chi connectivity index (χ4v) is 7.06. The van der Waals surface area contributed by atoms with Crippen LogP contribution in [0.15, 0.2) is 60.4 Å². The molecule has 2 unspecified atom stereocenters. The van der Waals surface area contributed by atoms with E-state index >= 15 is 0 Å². The van der Waals surface area contributed by atoms with E-state index in [1.807, 2.05) is 26.1 Å². The van der Waals surface area contributed by atoms with Crippen LogP contribution in [-0.4, -0.2) is 90.2 Å². The van der Waals surface area contributed by atoms with Gasteiger partial charge in [-0.1, -0.05) is 36.9 Å². The number of methoxy groups -OCH3 is 1. The third-order valence-electron chi connectivity index (χ3n) is 9.23. The van der Waals surface area contributed by atoms with E-state index in [1.54, 1.807) is 37.5 Å². The Labute approximate surface area is 256 Å². The fourth-order valence-electron chi connectivity index (χ4n) is 7.06. The molecule has 44 heavy (non-hydrogen) atoms. The Morgan fingerprint density at radius 3 is 2.82 bits per heavy atom. The van der Waals surface area contributed by atoms with E-state index in [4.69, 9.17) is 18.9 Å². The van der Waals surface area contributed by atoms with E-state index in [9.17, 15) is 24.6 Å². The summed E-state index contributed by atoms with van der Waals surface area (Å²) in [6, 6.07) is 3.71. The predicted molar refractivity (Wildman–Crippen MR) is 160 cm³/mol. The van der Waals surface area contributed by atoms with Crippen LogP contribution >= 0.6 is 0 Å². The smallest absolute Gasteiger partial charge is 0.357 e. The van der Waals surface area contributed by atoms with Crippen molar-refractivity contribution in [2.45, 2.75) is 74.5 Å². The highest BCUT2D eigenvalue weighted by atomic mass is 16.6. The third kappa shape index (κ3) is 5.17. The number of nitrogens with zero attached hydrogens (tertiary/aromatic N) is 1. The van der Waals surface area contributed by atoms with Gasteiger partial charge in [-0.05, 0) is 63.6 Å². The molecule has 0 amide bonds. The second-order valence-corrected chi connectivity index (χ2v) is 12.0. The van der Waals surface area contributed by atoms with E-state index in [0.717, 1.165) is 11.1 Å². The minimum absolute atomic E-state index is 0.0760. The second kappa shape index (κ2) is 12.0. The third-order valence-corrected chi connectivity index (χ3v) is 9.23. The fraction of sp³-hybridized carbons (Fsp3) is 0.485. The zero-order chi connectivity index (χ0) is 31.9. The lowest BCUT2D eigenvalue weighted by Gasteiger charge is -2.61. The van der Waals surface area contributed by atoms with Gasteiger partial charge in [0.05, 0.1) is 24.5 Å². The maximum absolute atomic E-state index is 13.7. The monoisotopic (exact) mass is 608 g/mol. The molecule has 6 atom stereocenters. The van der Waals surface area contributed by atoms with Gasteiger partial charge in [0, 0.05) is 24.6 Å². The van der Waals surface area contributed by atoms with Crippen molar-refractivity contribution >= 4 is 18.2 Å². The van der Waals surface area contributed by atoms with E-state index < -0.39 is 40.9 Å². The van der Waals surface area contributed by atoms with Gasteiger partial charge in [-0.25, -0.2) is 4.79 Å². The molecule has 3 N–H and O–H groups in total. The lowest BCUT2D eigenvalue weighted by Crippen LogP contribution is -2.74. The van der Waals surface area contributed by atoms with Crippen LogP contribution in [0.4, 0.5) is 0 Å². The van der Waals surface area contributed by atoms with Crippen molar-refractivity contribution in [3.8, 4) is 11.5 Å². The molecule has 4 aliphatic rings. The van der Waals surface area contributed by atoms with Crippen LogP contribution in [0.3, 0.4) is 0 Å². The number of benzene rings is 1. The van der Waals surface area contributed by atoms with E-state index in [1.165, 1.54) is 6.92 Å². The summed E-state index contributed by atoms with van der Waals surface area (Å²) in [6.07, 6.45) is 7.64. The molecule has 1 aromatic rings. The summed E-state index contributed by atoms with van der Waals surface area (Å²) in [5.74, 6) is -0.336. The predicted octanol–water partition coefficient (Wildman–Crippen LogP) is 2.00. The Bertz CT molecular complexity index is 1450. The molecule has 5 rings (SSSR count). The topological polar surface area (TPSA) is 144 Å². The molecule has 2 aliphatic carbocycles. The van der Waals surface area contributed by atoms with Crippen molar-refractivity contribution in [2.24, 2.45) is 0 Å². The van der Waals surface area contributed by atoms with Gasteiger partial charge in [-0.15, -0.1) is 0 Å². The first-order valence-electron chi connectivity index (χ1n) is 14.7. The number of likely N-dealkylation sites (tertiary alicyclic amines) is 1. The Hall–Kier alpha value is -3.77. The standard InChI is InChI=1S/C33H40N2O9/c1-6-7-8-9-20(2)27(43-25(37)13-16-34-31(3,39)19-36)30(38)42-23-12-14-33(40)24-18-21-10-11-22(41-5)28-26(21)32(33,29(23)44-28)15-17-35(24)4/h6-12,19,24,27,29,34,39-40H,2,13-18H2,1,3-5H3/b7-6-,9-8-/t24-,27+,29?,31+,32?,33-/m1/s1. The molecule has 1 aromatic carbocycles. The molecule has 0 radical (unpaired) electrons. The first-order valence-corrected chi connectivity index (χ1v) is 14.7. The Morgan fingerprint density at radius 1 is 1.34 bits per heavy atom. The molecule has 236 valence electrons. The Kier molecular flexibility index (Phi) is 8.60. The Balaban J connectivity index is 1.43. The molecule has 11 heteroatoms. The SMILES string of the molecule is C=C(/C=C\C=C/C)[C@H](OC(=O)CCN[C@@](C)(O)C=O)C(=O)OC1=CC[C@@]2(O)[C@H]3Cc4ccc(OC)c5c4C2(CCN3C)C1O5. The van der Waals surface area contributed by atoms with Crippen LogP contribution in [0.1, 0.15) is 44.2 Å². The normalized spacial score (nSPS) is 28.8. The summed E-state index contributed by atoms with van der Waals surface area (Å²) in [5.41, 5.74) is -1.71. The number of piperidine rings is 1. The van der Waals surface area contributed by atoms with Crippen molar-refractivity contribution in [3.63, 3.8) is 0 Å². The number of aliphatic hydroxyl groups is 2. The van der Waals surface area contributed by atoms with Gasteiger partial charge in [0.15, 0.2) is 29.6 Å². The van der Waals surface area contributed by atoms with Crippen molar-refractivity contribution in [1.29, 1.82) is 0 Å². The quantitative estimate of drug-likeness (QED) is 0.139. The van der Waals surface area contributed by atoms with Crippen molar-refractivity contribution in [2.75, 3.05) is 27.2 Å². The van der Waals surface area contributed by atoms with Gasteiger partial charge in [-0.2, -0.15) is 0 Å².